The molecular formula is C26H23ClN2O4. The predicted molar refractivity (Wildman–Crippen MR) is 127 cm³/mol. The molecule has 2 aromatic carbocycles. The van der Waals surface area contributed by atoms with Crippen molar-refractivity contribution >= 4 is 34.7 Å². The van der Waals surface area contributed by atoms with Crippen LogP contribution in [0.3, 0.4) is 0 Å². The number of aryl methyl sites for hydroxylation is 1. The number of pyridine rings is 1. The molecule has 1 atom stereocenters. The van der Waals surface area contributed by atoms with Gasteiger partial charge in [-0.25, -0.2) is 0 Å². The molecule has 4 rings (SSSR count). The molecule has 1 N–H and O–H groups in total. The number of ether oxygens (including phenoxy) is 1. The summed E-state index contributed by atoms with van der Waals surface area (Å²) in [4.78, 5) is 32.0. The van der Waals surface area contributed by atoms with Crippen LogP contribution in [0.2, 0.25) is 5.02 Å². The Morgan fingerprint density at radius 3 is 2.48 bits per heavy atom. The van der Waals surface area contributed by atoms with Gasteiger partial charge in [0.15, 0.2) is 0 Å². The highest BCUT2D eigenvalue weighted by Gasteiger charge is 2.47. The van der Waals surface area contributed by atoms with Crippen molar-refractivity contribution in [3.63, 3.8) is 0 Å². The molecule has 1 aromatic heterocycles. The van der Waals surface area contributed by atoms with Gasteiger partial charge in [-0.15, -0.1) is 0 Å². The third-order valence-electron chi connectivity index (χ3n) is 5.37. The molecule has 0 saturated carbocycles. The van der Waals surface area contributed by atoms with Crippen LogP contribution in [-0.2, 0) is 9.59 Å². The molecule has 168 valence electrons. The first-order chi connectivity index (χ1) is 15.8. The normalized spacial score (nSPS) is 17.6. The number of aromatic nitrogens is 1. The first-order valence-electron chi connectivity index (χ1n) is 10.5. The minimum absolute atomic E-state index is 0.00119. The maximum absolute atomic E-state index is 13.2. The van der Waals surface area contributed by atoms with Crippen molar-refractivity contribution in [2.45, 2.75) is 32.9 Å². The summed E-state index contributed by atoms with van der Waals surface area (Å²) in [5.74, 6) is -1.14. The first kappa shape index (κ1) is 22.6. The largest absolute Gasteiger partial charge is 0.507 e. The maximum Gasteiger partial charge on any atom is 0.300 e. The summed E-state index contributed by atoms with van der Waals surface area (Å²) in [7, 11) is 0. The van der Waals surface area contributed by atoms with Gasteiger partial charge >= 0.3 is 0 Å². The van der Waals surface area contributed by atoms with Crippen molar-refractivity contribution in [1.82, 2.24) is 4.98 Å². The Hall–Kier alpha value is -3.64. The van der Waals surface area contributed by atoms with Crippen molar-refractivity contribution in [1.29, 1.82) is 0 Å². The Labute approximate surface area is 197 Å². The van der Waals surface area contributed by atoms with Crippen LogP contribution in [0.5, 0.6) is 5.75 Å². The highest BCUT2D eigenvalue weighted by molar-refractivity contribution is 6.52. The van der Waals surface area contributed by atoms with Crippen LogP contribution in [0.4, 0.5) is 5.69 Å². The number of rotatable bonds is 5. The molecule has 0 bridgehead atoms. The SMILES string of the molecule is Cc1ccc(Cl)cc1N1C(=O)C(=O)/C(=C(/O)c2ccc(OC(C)C)cc2)C1c1cccnc1. The Balaban J connectivity index is 1.88. The van der Waals surface area contributed by atoms with E-state index in [0.29, 0.717) is 27.6 Å². The number of ketones is 1. The molecule has 1 saturated heterocycles. The van der Waals surface area contributed by atoms with Crippen LogP contribution in [0.1, 0.15) is 36.6 Å². The van der Waals surface area contributed by atoms with Gasteiger partial charge in [0.25, 0.3) is 11.7 Å². The summed E-state index contributed by atoms with van der Waals surface area (Å²) in [6.07, 6.45) is 3.19. The van der Waals surface area contributed by atoms with E-state index < -0.39 is 17.7 Å². The number of amides is 1. The fourth-order valence-electron chi connectivity index (χ4n) is 3.90. The van der Waals surface area contributed by atoms with Crippen LogP contribution in [0, 0.1) is 6.92 Å². The maximum atomic E-state index is 13.2. The molecule has 2 heterocycles. The summed E-state index contributed by atoms with van der Waals surface area (Å²) in [6, 6.07) is 14.5. The second-order valence-corrected chi connectivity index (χ2v) is 8.51. The lowest BCUT2D eigenvalue weighted by Gasteiger charge is -2.26. The highest BCUT2D eigenvalue weighted by atomic mass is 35.5. The molecule has 1 unspecified atom stereocenters. The van der Waals surface area contributed by atoms with Gasteiger partial charge in [0.2, 0.25) is 0 Å². The van der Waals surface area contributed by atoms with Crippen molar-refractivity contribution in [2.75, 3.05) is 4.90 Å². The van der Waals surface area contributed by atoms with Crippen LogP contribution in [-0.4, -0.2) is 27.9 Å². The Morgan fingerprint density at radius 1 is 1.12 bits per heavy atom. The predicted octanol–water partition coefficient (Wildman–Crippen LogP) is 5.46. The number of benzene rings is 2. The zero-order valence-corrected chi connectivity index (χ0v) is 19.2. The lowest BCUT2D eigenvalue weighted by atomic mass is 9.96. The first-order valence-corrected chi connectivity index (χ1v) is 10.9. The van der Waals surface area contributed by atoms with Gasteiger partial charge in [-0.2, -0.15) is 0 Å². The van der Waals surface area contributed by atoms with Gasteiger partial charge in [0.05, 0.1) is 17.7 Å². The summed E-state index contributed by atoms with van der Waals surface area (Å²) in [6.45, 7) is 5.67. The number of anilines is 1. The average molecular weight is 463 g/mol. The Bertz CT molecular complexity index is 1240. The molecule has 0 spiro atoms. The minimum atomic E-state index is -0.859. The van der Waals surface area contributed by atoms with E-state index in [4.69, 9.17) is 16.3 Å². The number of aliphatic hydroxyl groups excluding tert-OH is 1. The van der Waals surface area contributed by atoms with Gasteiger partial charge in [-0.05, 0) is 74.4 Å². The number of carbonyl (C=O) groups excluding carboxylic acids is 2. The second-order valence-electron chi connectivity index (χ2n) is 8.08. The zero-order chi connectivity index (χ0) is 23.7. The van der Waals surface area contributed by atoms with Gasteiger partial charge in [-0.1, -0.05) is 23.7 Å². The van der Waals surface area contributed by atoms with Gasteiger partial charge in [0.1, 0.15) is 11.5 Å². The average Bonchev–Trinajstić information content (AvgIpc) is 3.06. The number of hydrogen-bond donors (Lipinski definition) is 1. The van der Waals surface area contributed by atoms with Gasteiger partial charge in [0, 0.05) is 28.7 Å². The molecule has 0 radical (unpaired) electrons. The van der Waals surface area contributed by atoms with E-state index >= 15 is 0 Å². The Kier molecular flexibility index (Phi) is 6.20. The Morgan fingerprint density at radius 2 is 1.85 bits per heavy atom. The van der Waals surface area contributed by atoms with Gasteiger partial charge in [-0.3, -0.25) is 19.5 Å². The molecule has 0 aliphatic carbocycles. The van der Waals surface area contributed by atoms with E-state index in [-0.39, 0.29) is 17.4 Å². The zero-order valence-electron chi connectivity index (χ0n) is 18.4. The van der Waals surface area contributed by atoms with Crippen molar-refractivity contribution in [3.05, 3.63) is 94.3 Å². The molecule has 1 fully saturated rings. The molecule has 3 aromatic rings. The molecule has 33 heavy (non-hydrogen) atoms. The van der Waals surface area contributed by atoms with Gasteiger partial charge < -0.3 is 9.84 Å². The van der Waals surface area contributed by atoms with Crippen LogP contribution in [0.25, 0.3) is 5.76 Å². The number of halogens is 1. The molecular weight excluding hydrogens is 440 g/mol. The van der Waals surface area contributed by atoms with E-state index in [1.807, 2.05) is 20.8 Å². The smallest absolute Gasteiger partial charge is 0.300 e. The fraction of sp³-hybridized carbons (Fsp3) is 0.192. The van der Waals surface area contributed by atoms with E-state index in [1.54, 1.807) is 67.0 Å². The van der Waals surface area contributed by atoms with E-state index in [9.17, 15) is 14.7 Å². The number of carbonyl (C=O) groups is 2. The topological polar surface area (TPSA) is 79.7 Å². The standard InChI is InChI=1S/C26H23ClN2O4/c1-15(2)33-20-10-7-17(8-11-20)24(30)22-23(18-5-4-12-28-14-18)29(26(32)25(22)31)21-13-19(27)9-6-16(21)3/h4-15,23,30H,1-3H3/b24-22+. The monoisotopic (exact) mass is 462 g/mol. The van der Waals surface area contributed by atoms with Crippen LogP contribution < -0.4 is 9.64 Å². The molecule has 1 amide bonds. The number of Topliss-reactive ketones (excluding diaryl/α,β-unsaturated/α-hetero) is 1. The fourth-order valence-corrected chi connectivity index (χ4v) is 4.06. The van der Waals surface area contributed by atoms with Crippen LogP contribution in [0.15, 0.2) is 72.6 Å². The molecule has 6 nitrogen and oxygen atoms in total. The summed E-state index contributed by atoms with van der Waals surface area (Å²) < 4.78 is 5.65. The van der Waals surface area contributed by atoms with E-state index in [1.165, 1.54) is 4.90 Å². The molecule has 7 heteroatoms. The number of nitrogens with zero attached hydrogens (tertiary/aromatic N) is 2. The van der Waals surface area contributed by atoms with Crippen molar-refractivity contribution < 1.29 is 19.4 Å². The third kappa shape index (κ3) is 4.34. The third-order valence-corrected chi connectivity index (χ3v) is 5.61. The summed E-state index contributed by atoms with van der Waals surface area (Å²) in [5, 5.41) is 11.6. The minimum Gasteiger partial charge on any atom is -0.507 e. The summed E-state index contributed by atoms with van der Waals surface area (Å²) in [5.41, 5.74) is 2.26. The second kappa shape index (κ2) is 9.08. The number of hydrogen-bond acceptors (Lipinski definition) is 5. The lowest BCUT2D eigenvalue weighted by molar-refractivity contribution is -0.132. The molecule has 1 aliphatic heterocycles. The summed E-state index contributed by atoms with van der Waals surface area (Å²) >= 11 is 6.21. The molecule has 1 aliphatic rings. The van der Waals surface area contributed by atoms with Crippen LogP contribution >= 0.6 is 11.6 Å². The van der Waals surface area contributed by atoms with E-state index in [0.717, 1.165) is 5.56 Å². The van der Waals surface area contributed by atoms with E-state index in [2.05, 4.69) is 4.98 Å². The number of aliphatic hydroxyl groups is 1. The lowest BCUT2D eigenvalue weighted by Crippen LogP contribution is -2.30. The quantitative estimate of drug-likeness (QED) is 0.309. The van der Waals surface area contributed by atoms with Crippen molar-refractivity contribution in [2.24, 2.45) is 0 Å². The highest BCUT2D eigenvalue weighted by Crippen LogP contribution is 2.43. The van der Waals surface area contributed by atoms with Crippen molar-refractivity contribution in [3.8, 4) is 5.75 Å².